The van der Waals surface area contributed by atoms with Gasteiger partial charge in [-0.05, 0) is 11.6 Å². The van der Waals surface area contributed by atoms with Crippen molar-refractivity contribution in [2.24, 2.45) is 5.73 Å². The minimum Gasteiger partial charge on any atom is -0.353 e. The zero-order chi connectivity index (χ0) is 12.8. The van der Waals surface area contributed by atoms with Crippen LogP contribution < -0.4 is 11.1 Å². The van der Waals surface area contributed by atoms with Gasteiger partial charge in [0.2, 0.25) is 5.91 Å². The van der Waals surface area contributed by atoms with Gasteiger partial charge in [0.1, 0.15) is 6.54 Å². The minimum absolute atomic E-state index is 0.0925. The summed E-state index contributed by atoms with van der Waals surface area (Å²) in [7, 11) is 0. The molecule has 0 bridgehead atoms. The molecule has 1 amide bonds. The molecule has 0 aliphatic carbocycles. The Morgan fingerprint density at radius 2 is 2.11 bits per heavy atom. The molecule has 2 aromatic rings. The summed E-state index contributed by atoms with van der Waals surface area (Å²) in [4.78, 5) is 11.6. The Hall–Kier alpha value is -2.14. The maximum atomic E-state index is 11.6. The number of hydrogen-bond acceptors (Lipinski definition) is 3. The SMILES string of the molecule is NC(CNC(=O)Cn1cccn1)c1ccccc1. The summed E-state index contributed by atoms with van der Waals surface area (Å²) in [6.07, 6.45) is 3.39. The van der Waals surface area contributed by atoms with Crippen LogP contribution in [0.1, 0.15) is 11.6 Å². The van der Waals surface area contributed by atoms with Crippen LogP contribution in [0.4, 0.5) is 0 Å². The number of carbonyl (C=O) groups is 1. The minimum atomic E-state index is -0.187. The fourth-order valence-corrected chi connectivity index (χ4v) is 1.64. The van der Waals surface area contributed by atoms with Crippen molar-refractivity contribution in [2.45, 2.75) is 12.6 Å². The molecule has 1 aromatic heterocycles. The molecule has 5 nitrogen and oxygen atoms in total. The van der Waals surface area contributed by atoms with Crippen molar-refractivity contribution < 1.29 is 4.79 Å². The summed E-state index contributed by atoms with van der Waals surface area (Å²) in [5, 5.41) is 6.76. The Morgan fingerprint density at radius 1 is 1.33 bits per heavy atom. The number of nitrogens with two attached hydrogens (primary N) is 1. The Labute approximate surface area is 106 Å². The van der Waals surface area contributed by atoms with Gasteiger partial charge in [-0.1, -0.05) is 30.3 Å². The molecule has 0 aliphatic rings. The van der Waals surface area contributed by atoms with E-state index in [1.54, 1.807) is 23.1 Å². The highest BCUT2D eigenvalue weighted by Gasteiger charge is 2.08. The van der Waals surface area contributed by atoms with Crippen LogP contribution in [-0.2, 0) is 11.3 Å². The molecule has 3 N–H and O–H groups in total. The molecule has 0 aliphatic heterocycles. The highest BCUT2D eigenvalue weighted by atomic mass is 16.2. The average molecular weight is 244 g/mol. The third-order valence-corrected chi connectivity index (χ3v) is 2.61. The standard InChI is InChI=1S/C13H16N4O/c14-12(11-5-2-1-3-6-11)9-15-13(18)10-17-8-4-7-16-17/h1-8,12H,9-10,14H2,(H,15,18). The third kappa shape index (κ3) is 3.43. The smallest absolute Gasteiger partial charge is 0.241 e. The first-order valence-electron chi connectivity index (χ1n) is 5.80. The molecule has 94 valence electrons. The lowest BCUT2D eigenvalue weighted by atomic mass is 10.1. The van der Waals surface area contributed by atoms with Gasteiger partial charge in [0.25, 0.3) is 0 Å². The summed E-state index contributed by atoms with van der Waals surface area (Å²) in [5.74, 6) is -0.0925. The molecule has 1 heterocycles. The van der Waals surface area contributed by atoms with Crippen LogP contribution >= 0.6 is 0 Å². The molecule has 5 heteroatoms. The highest BCUT2D eigenvalue weighted by molar-refractivity contribution is 5.75. The van der Waals surface area contributed by atoms with Gasteiger partial charge >= 0.3 is 0 Å². The maximum Gasteiger partial charge on any atom is 0.241 e. The Morgan fingerprint density at radius 3 is 2.78 bits per heavy atom. The first kappa shape index (κ1) is 12.3. The number of aromatic nitrogens is 2. The first-order chi connectivity index (χ1) is 8.75. The van der Waals surface area contributed by atoms with Crippen LogP contribution in [-0.4, -0.2) is 22.2 Å². The van der Waals surface area contributed by atoms with E-state index in [0.29, 0.717) is 6.54 Å². The van der Waals surface area contributed by atoms with Gasteiger partial charge in [0.15, 0.2) is 0 Å². The van der Waals surface area contributed by atoms with Crippen molar-refractivity contribution in [3.8, 4) is 0 Å². The quantitative estimate of drug-likeness (QED) is 0.813. The normalized spacial score (nSPS) is 12.1. The van der Waals surface area contributed by atoms with Crippen molar-refractivity contribution in [1.82, 2.24) is 15.1 Å². The zero-order valence-electron chi connectivity index (χ0n) is 9.99. The summed E-state index contributed by atoms with van der Waals surface area (Å²) >= 11 is 0. The predicted molar refractivity (Wildman–Crippen MR) is 68.6 cm³/mol. The molecule has 0 fully saturated rings. The third-order valence-electron chi connectivity index (χ3n) is 2.61. The second-order valence-corrected chi connectivity index (χ2v) is 4.02. The Kier molecular flexibility index (Phi) is 4.09. The molecule has 1 unspecified atom stereocenters. The van der Waals surface area contributed by atoms with E-state index in [4.69, 9.17) is 5.73 Å². The number of hydrogen-bond donors (Lipinski definition) is 2. The molecule has 18 heavy (non-hydrogen) atoms. The van der Waals surface area contributed by atoms with Gasteiger partial charge in [-0.15, -0.1) is 0 Å². The molecule has 0 spiro atoms. The maximum absolute atomic E-state index is 11.6. The molecule has 0 saturated carbocycles. The summed E-state index contributed by atoms with van der Waals surface area (Å²) < 4.78 is 1.57. The van der Waals surface area contributed by atoms with Crippen LogP contribution in [0, 0.1) is 0 Å². The van der Waals surface area contributed by atoms with Crippen LogP contribution in [0.3, 0.4) is 0 Å². The van der Waals surface area contributed by atoms with Gasteiger partial charge < -0.3 is 11.1 Å². The van der Waals surface area contributed by atoms with Gasteiger partial charge in [0.05, 0.1) is 0 Å². The van der Waals surface area contributed by atoms with E-state index >= 15 is 0 Å². The fourth-order valence-electron chi connectivity index (χ4n) is 1.64. The molecular formula is C13H16N4O. The van der Waals surface area contributed by atoms with E-state index in [2.05, 4.69) is 10.4 Å². The lowest BCUT2D eigenvalue weighted by Crippen LogP contribution is -2.34. The number of rotatable bonds is 5. The van der Waals surface area contributed by atoms with Crippen molar-refractivity contribution >= 4 is 5.91 Å². The molecule has 2 rings (SSSR count). The van der Waals surface area contributed by atoms with E-state index in [9.17, 15) is 4.79 Å². The largest absolute Gasteiger partial charge is 0.353 e. The van der Waals surface area contributed by atoms with Crippen molar-refractivity contribution in [1.29, 1.82) is 0 Å². The summed E-state index contributed by atoms with van der Waals surface area (Å²) in [6, 6.07) is 11.3. The second-order valence-electron chi connectivity index (χ2n) is 4.02. The number of nitrogens with one attached hydrogen (secondary N) is 1. The Bertz CT molecular complexity index is 481. The topological polar surface area (TPSA) is 72.9 Å². The monoisotopic (exact) mass is 244 g/mol. The lowest BCUT2D eigenvalue weighted by Gasteiger charge is -2.13. The predicted octanol–water partition coefficient (Wildman–Crippen LogP) is 0.699. The van der Waals surface area contributed by atoms with Crippen molar-refractivity contribution in [3.63, 3.8) is 0 Å². The number of amides is 1. The van der Waals surface area contributed by atoms with E-state index < -0.39 is 0 Å². The molecule has 1 atom stereocenters. The lowest BCUT2D eigenvalue weighted by molar-refractivity contribution is -0.121. The first-order valence-corrected chi connectivity index (χ1v) is 5.80. The molecular weight excluding hydrogens is 228 g/mol. The van der Waals surface area contributed by atoms with Crippen molar-refractivity contribution in [3.05, 3.63) is 54.4 Å². The van der Waals surface area contributed by atoms with Crippen LogP contribution in [0.15, 0.2) is 48.8 Å². The molecule has 1 aromatic carbocycles. The van der Waals surface area contributed by atoms with Crippen LogP contribution in [0.5, 0.6) is 0 Å². The van der Waals surface area contributed by atoms with E-state index in [1.807, 2.05) is 30.3 Å². The molecule has 0 saturated heterocycles. The average Bonchev–Trinajstić information content (AvgIpc) is 2.90. The fraction of sp³-hybridized carbons (Fsp3) is 0.231. The summed E-state index contributed by atoms with van der Waals surface area (Å²) in [6.45, 7) is 0.638. The van der Waals surface area contributed by atoms with E-state index in [-0.39, 0.29) is 18.5 Å². The van der Waals surface area contributed by atoms with Gasteiger partial charge in [0, 0.05) is 25.0 Å². The highest BCUT2D eigenvalue weighted by Crippen LogP contribution is 2.07. The van der Waals surface area contributed by atoms with E-state index in [0.717, 1.165) is 5.56 Å². The van der Waals surface area contributed by atoms with Gasteiger partial charge in [-0.25, -0.2) is 0 Å². The van der Waals surface area contributed by atoms with Crippen LogP contribution in [0.25, 0.3) is 0 Å². The van der Waals surface area contributed by atoms with Gasteiger partial charge in [-0.3, -0.25) is 9.48 Å². The Balaban J connectivity index is 1.79. The number of benzene rings is 1. The number of nitrogens with zero attached hydrogens (tertiary/aromatic N) is 2. The number of carbonyl (C=O) groups excluding carboxylic acids is 1. The summed E-state index contributed by atoms with van der Waals surface area (Å²) in [5.41, 5.74) is 6.99. The molecule has 0 radical (unpaired) electrons. The second kappa shape index (κ2) is 5.97. The zero-order valence-corrected chi connectivity index (χ0v) is 9.99. The van der Waals surface area contributed by atoms with Crippen molar-refractivity contribution in [2.75, 3.05) is 6.54 Å². The van der Waals surface area contributed by atoms with Crippen LogP contribution in [0.2, 0.25) is 0 Å². The van der Waals surface area contributed by atoms with Gasteiger partial charge in [-0.2, -0.15) is 5.10 Å². The van der Waals surface area contributed by atoms with E-state index in [1.165, 1.54) is 0 Å².